The van der Waals surface area contributed by atoms with Gasteiger partial charge in [-0.3, -0.25) is 4.79 Å². The van der Waals surface area contributed by atoms with Gasteiger partial charge in [-0.1, -0.05) is 96.2 Å². The van der Waals surface area contributed by atoms with Crippen LogP contribution in [-0.4, -0.2) is 51.1 Å². The number of carbonyl (C=O) groups is 1. The summed E-state index contributed by atoms with van der Waals surface area (Å²) < 4.78 is 13.9. The molecule has 238 valence electrons. The quantitative estimate of drug-likeness (QED) is 0.117. The van der Waals surface area contributed by atoms with Gasteiger partial charge in [0.2, 0.25) is 0 Å². The van der Waals surface area contributed by atoms with Crippen LogP contribution in [0.5, 0.6) is 0 Å². The van der Waals surface area contributed by atoms with Gasteiger partial charge in [-0.25, -0.2) is 0 Å². The summed E-state index contributed by atoms with van der Waals surface area (Å²) in [5.41, 5.74) is 1.32. The van der Waals surface area contributed by atoms with E-state index >= 15 is 0 Å². The number of rotatable bonds is 15. The lowest BCUT2D eigenvalue weighted by atomic mass is 9.89. The van der Waals surface area contributed by atoms with Crippen LogP contribution >= 0.6 is 0 Å². The Kier molecular flexibility index (Phi) is 13.5. The highest BCUT2D eigenvalue weighted by Crippen LogP contribution is 2.44. The molecule has 1 aliphatic carbocycles. The third kappa shape index (κ3) is 11.2. The van der Waals surface area contributed by atoms with E-state index in [1.807, 2.05) is 0 Å². The number of benzene rings is 1. The number of aryl methyl sites for hydroxylation is 1. The average Bonchev–Trinajstić information content (AvgIpc) is 3.14. The van der Waals surface area contributed by atoms with Crippen molar-refractivity contribution in [1.29, 1.82) is 0 Å². The van der Waals surface area contributed by atoms with E-state index < -0.39 is 28.7 Å². The summed E-state index contributed by atoms with van der Waals surface area (Å²) in [4.78, 5) is 10.9. The van der Waals surface area contributed by atoms with Crippen molar-refractivity contribution in [3.8, 4) is 0 Å². The molecule has 1 aliphatic rings. The summed E-state index contributed by atoms with van der Waals surface area (Å²) in [5, 5.41) is 20.4. The largest absolute Gasteiger partial charge is 0.481 e. The second-order valence-corrected chi connectivity index (χ2v) is 24.8. The normalized spacial score (nSPS) is 23.2. The molecule has 0 amide bonds. The molecule has 5 atom stereocenters. The summed E-state index contributed by atoms with van der Waals surface area (Å²) in [6.45, 7) is 22.9. The van der Waals surface area contributed by atoms with Gasteiger partial charge in [-0.05, 0) is 86.3 Å². The van der Waals surface area contributed by atoms with E-state index in [-0.39, 0.29) is 40.5 Å². The number of carboxylic acid groups (broad SMARTS) is 1. The first-order chi connectivity index (χ1) is 19.3. The van der Waals surface area contributed by atoms with Crippen molar-refractivity contribution in [2.75, 3.05) is 0 Å². The first-order valence-electron chi connectivity index (χ1n) is 16.0. The van der Waals surface area contributed by atoms with Gasteiger partial charge < -0.3 is 19.1 Å². The van der Waals surface area contributed by atoms with Gasteiger partial charge in [0.15, 0.2) is 16.6 Å². The number of aliphatic hydroxyl groups excluding tert-OH is 1. The van der Waals surface area contributed by atoms with Crippen LogP contribution in [0.15, 0.2) is 54.6 Å². The molecule has 2 N–H and O–H groups in total. The van der Waals surface area contributed by atoms with E-state index in [2.05, 4.69) is 122 Å². The number of allylic oxidation sites excluding steroid dienone is 2. The summed E-state index contributed by atoms with van der Waals surface area (Å²) in [6.07, 6.45) is 13.1. The molecule has 0 heterocycles. The number of carboxylic acids is 1. The molecule has 1 aromatic carbocycles. The molecule has 1 aromatic rings. The summed E-state index contributed by atoms with van der Waals surface area (Å²) in [7, 11) is -4.07. The maximum Gasteiger partial charge on any atom is 0.303 e. The molecule has 0 saturated heterocycles. The van der Waals surface area contributed by atoms with Crippen LogP contribution in [0, 0.1) is 11.8 Å². The highest BCUT2D eigenvalue weighted by atomic mass is 28.4. The number of hydrogen-bond donors (Lipinski definition) is 2. The maximum atomic E-state index is 11.3. The van der Waals surface area contributed by atoms with Crippen LogP contribution in [0.4, 0.5) is 0 Å². The molecular formula is C35H60O5Si2. The zero-order valence-electron chi connectivity index (χ0n) is 28.2. The second-order valence-electron chi connectivity index (χ2n) is 15.3. The highest BCUT2D eigenvalue weighted by Gasteiger charge is 2.47. The predicted octanol–water partition coefficient (Wildman–Crippen LogP) is 9.15. The minimum atomic E-state index is -2.05. The van der Waals surface area contributed by atoms with Crippen LogP contribution in [0.25, 0.3) is 0 Å². The third-order valence-corrected chi connectivity index (χ3v) is 18.8. The Hall–Kier alpha value is -1.52. The zero-order valence-corrected chi connectivity index (χ0v) is 30.2. The Bertz CT molecular complexity index is 1020. The lowest BCUT2D eigenvalue weighted by molar-refractivity contribution is -0.137. The number of unbranched alkanes of at least 4 members (excludes halogenated alkanes) is 1. The average molecular weight is 617 g/mol. The second kappa shape index (κ2) is 15.5. The molecule has 5 nitrogen and oxygen atoms in total. The fourth-order valence-corrected chi connectivity index (χ4v) is 7.73. The summed E-state index contributed by atoms with van der Waals surface area (Å²) in [6, 6.07) is 10.6. The molecule has 1 unspecified atom stereocenters. The van der Waals surface area contributed by atoms with E-state index in [9.17, 15) is 9.90 Å². The van der Waals surface area contributed by atoms with Crippen molar-refractivity contribution in [2.45, 2.75) is 141 Å². The van der Waals surface area contributed by atoms with E-state index in [4.69, 9.17) is 14.0 Å². The Morgan fingerprint density at radius 2 is 1.62 bits per heavy atom. The van der Waals surface area contributed by atoms with Crippen molar-refractivity contribution in [3.63, 3.8) is 0 Å². The van der Waals surface area contributed by atoms with Crippen molar-refractivity contribution in [3.05, 3.63) is 60.2 Å². The smallest absolute Gasteiger partial charge is 0.303 e. The van der Waals surface area contributed by atoms with E-state index in [0.717, 1.165) is 25.7 Å². The first kappa shape index (κ1) is 36.7. The molecule has 0 aromatic heterocycles. The Balaban J connectivity index is 2.34. The molecule has 42 heavy (non-hydrogen) atoms. The van der Waals surface area contributed by atoms with Crippen molar-refractivity contribution < 1.29 is 23.9 Å². The minimum Gasteiger partial charge on any atom is -0.481 e. The maximum absolute atomic E-state index is 11.3. The summed E-state index contributed by atoms with van der Waals surface area (Å²) >= 11 is 0. The van der Waals surface area contributed by atoms with Crippen molar-refractivity contribution in [2.24, 2.45) is 11.8 Å². The molecule has 0 radical (unpaired) electrons. The number of aliphatic carboxylic acids is 1. The van der Waals surface area contributed by atoms with Gasteiger partial charge in [0.05, 0.1) is 18.3 Å². The first-order valence-corrected chi connectivity index (χ1v) is 21.8. The monoisotopic (exact) mass is 616 g/mol. The summed E-state index contributed by atoms with van der Waals surface area (Å²) in [5.74, 6) is -0.624. The molecule has 2 rings (SSSR count). The molecule has 1 saturated carbocycles. The lowest BCUT2D eigenvalue weighted by Gasteiger charge is -2.40. The van der Waals surface area contributed by atoms with Crippen LogP contribution in [-0.2, 0) is 20.1 Å². The molecule has 0 bridgehead atoms. The fourth-order valence-electron chi connectivity index (χ4n) is 5.06. The van der Waals surface area contributed by atoms with Crippen molar-refractivity contribution in [1.82, 2.24) is 0 Å². The van der Waals surface area contributed by atoms with Crippen molar-refractivity contribution >= 4 is 22.6 Å². The third-order valence-electron chi connectivity index (χ3n) is 9.84. The van der Waals surface area contributed by atoms with Gasteiger partial charge >= 0.3 is 5.97 Å². The number of hydrogen-bond acceptors (Lipinski definition) is 4. The van der Waals surface area contributed by atoms with Gasteiger partial charge in [0.25, 0.3) is 0 Å². The topological polar surface area (TPSA) is 76.0 Å². The molecule has 0 aliphatic heterocycles. The van der Waals surface area contributed by atoms with Gasteiger partial charge in [0, 0.05) is 12.3 Å². The fraction of sp³-hybridized carbons (Fsp3) is 0.686. The molecule has 0 spiro atoms. The van der Waals surface area contributed by atoms with Crippen LogP contribution in [0.2, 0.25) is 36.3 Å². The molecule has 7 heteroatoms. The van der Waals surface area contributed by atoms with E-state index in [1.165, 1.54) is 5.56 Å². The predicted molar refractivity (Wildman–Crippen MR) is 181 cm³/mol. The highest BCUT2D eigenvalue weighted by molar-refractivity contribution is 6.74. The Labute approximate surface area is 259 Å². The van der Waals surface area contributed by atoms with Gasteiger partial charge in [-0.15, -0.1) is 0 Å². The zero-order chi connectivity index (χ0) is 31.8. The minimum absolute atomic E-state index is 0.00965. The van der Waals surface area contributed by atoms with Crippen LogP contribution in [0.3, 0.4) is 0 Å². The number of aliphatic hydroxyl groups is 1. The lowest BCUT2D eigenvalue weighted by Crippen LogP contribution is -2.45. The standard InChI is InChI=1S/C35H60O5Si2/c1-34(2,3)41(7,8)39-28(23-22-27-18-14-13-15-19-27)24-25-30-29(20-16-11-12-17-21-33(37)38)31(36)26-32(30)40-42(9,10)35(4,5)6/h11,13-16,18-19,24-25,28-32,36H,12,17,20-23,26H2,1-10H3,(H,37,38)/t28?,29-,30-,31+,32-/m1/s1. The van der Waals surface area contributed by atoms with E-state index in [1.54, 1.807) is 0 Å². The molecule has 1 fully saturated rings. The Morgan fingerprint density at radius 3 is 2.19 bits per heavy atom. The molecular weight excluding hydrogens is 557 g/mol. The van der Waals surface area contributed by atoms with Crippen LogP contribution in [0.1, 0.15) is 85.6 Å². The van der Waals surface area contributed by atoms with E-state index in [0.29, 0.717) is 12.8 Å². The van der Waals surface area contributed by atoms with Gasteiger partial charge in [0.1, 0.15) is 0 Å². The SMILES string of the molecule is CC(C)(C)[Si](C)(C)OC(C=C[C@@H]1[C@@H](CC=CCCCC(=O)O)[C@@H](O)C[C@H]1O[Si](C)(C)C(C)(C)C)CCc1ccccc1. The Morgan fingerprint density at radius 1 is 1.00 bits per heavy atom. The van der Waals surface area contributed by atoms with Crippen LogP contribution < -0.4 is 0 Å². The van der Waals surface area contributed by atoms with Gasteiger partial charge in [-0.2, -0.15) is 0 Å².